The third kappa shape index (κ3) is 5.30. The normalized spacial score (nSPS) is 15.2. The van der Waals surface area contributed by atoms with E-state index in [1.807, 2.05) is 12.1 Å². The Morgan fingerprint density at radius 3 is 2.66 bits per heavy atom. The fraction of sp³-hybridized carbons (Fsp3) is 0.308. The van der Waals surface area contributed by atoms with Crippen LogP contribution in [0.15, 0.2) is 53.7 Å². The first-order valence-corrected chi connectivity index (χ1v) is 12.0. The van der Waals surface area contributed by atoms with Gasteiger partial charge in [0, 0.05) is 24.0 Å². The van der Waals surface area contributed by atoms with Crippen LogP contribution in [0.2, 0.25) is 0 Å². The average molecular weight is 529 g/mol. The maximum atomic E-state index is 14.4. The second-order valence-electron chi connectivity index (χ2n) is 9.46. The molecule has 0 radical (unpaired) electrons. The van der Waals surface area contributed by atoms with Crippen LogP contribution in [0.5, 0.6) is 0 Å². The Kier molecular flexibility index (Phi) is 6.74. The summed E-state index contributed by atoms with van der Waals surface area (Å²) in [6.07, 6.45) is 0.693. The first-order valence-electron chi connectivity index (χ1n) is 12.0. The molecule has 0 spiro atoms. The van der Waals surface area contributed by atoms with Crippen LogP contribution >= 0.6 is 0 Å². The van der Waals surface area contributed by atoms with E-state index in [-0.39, 0.29) is 40.7 Å². The summed E-state index contributed by atoms with van der Waals surface area (Å²) >= 11 is 0. The van der Waals surface area contributed by atoms with E-state index in [9.17, 15) is 27.2 Å². The van der Waals surface area contributed by atoms with Crippen LogP contribution in [0.3, 0.4) is 0 Å². The van der Waals surface area contributed by atoms with Gasteiger partial charge in [-0.25, -0.2) is 4.39 Å². The third-order valence-corrected chi connectivity index (χ3v) is 6.69. The lowest BCUT2D eigenvalue weighted by Gasteiger charge is -2.29. The highest BCUT2D eigenvalue weighted by atomic mass is 19.4. The van der Waals surface area contributed by atoms with Crippen LogP contribution in [0.25, 0.3) is 22.0 Å². The molecular weight excluding hydrogens is 504 g/mol. The minimum absolute atomic E-state index is 0.0112. The number of aromatic nitrogens is 4. The van der Waals surface area contributed by atoms with Crippen molar-refractivity contribution < 1.29 is 22.4 Å². The lowest BCUT2D eigenvalue weighted by molar-refractivity contribution is -0.140. The standard InChI is InChI=1S/C26H24F4N6O2/c1-35-5-3-19(4-6-35)33-24(37)17-8-15(9-18(27)10-17)14-36-7-2-16-11-22(31-12-20(16)25(36)38)21-13-32-34-23(21)26(28,29)30/h2,7-13,19H,3-6,14H2,1H3,(H,32,34)(H,33,37). The number of aromatic amines is 1. The quantitative estimate of drug-likeness (QED) is 0.384. The number of carbonyl (C=O) groups excluding carboxylic acids is 1. The van der Waals surface area contributed by atoms with Gasteiger partial charge < -0.3 is 14.8 Å². The molecule has 0 atom stereocenters. The zero-order valence-corrected chi connectivity index (χ0v) is 20.3. The number of hydrogen-bond donors (Lipinski definition) is 2. The number of benzene rings is 1. The van der Waals surface area contributed by atoms with Gasteiger partial charge in [0.05, 0.1) is 29.4 Å². The van der Waals surface area contributed by atoms with Crippen molar-refractivity contribution >= 4 is 16.7 Å². The molecule has 4 aromatic rings. The maximum absolute atomic E-state index is 14.4. The Hall–Kier alpha value is -4.06. The van der Waals surface area contributed by atoms with E-state index in [0.717, 1.165) is 38.2 Å². The van der Waals surface area contributed by atoms with E-state index in [1.54, 1.807) is 12.1 Å². The van der Waals surface area contributed by atoms with Gasteiger partial charge in [-0.15, -0.1) is 0 Å². The van der Waals surface area contributed by atoms with Gasteiger partial charge in [0.25, 0.3) is 11.5 Å². The topological polar surface area (TPSA) is 95.9 Å². The second-order valence-corrected chi connectivity index (χ2v) is 9.46. The molecule has 198 valence electrons. The number of hydrogen-bond acceptors (Lipinski definition) is 5. The molecule has 1 saturated heterocycles. The van der Waals surface area contributed by atoms with E-state index in [1.165, 1.54) is 29.1 Å². The fourth-order valence-corrected chi connectivity index (χ4v) is 4.64. The molecule has 4 heterocycles. The summed E-state index contributed by atoms with van der Waals surface area (Å²) < 4.78 is 55.4. The van der Waals surface area contributed by atoms with Crippen molar-refractivity contribution in [3.63, 3.8) is 0 Å². The van der Waals surface area contributed by atoms with Gasteiger partial charge in [0.2, 0.25) is 0 Å². The molecule has 1 aliphatic heterocycles. The average Bonchev–Trinajstić information content (AvgIpc) is 3.38. The maximum Gasteiger partial charge on any atom is 0.433 e. The van der Waals surface area contributed by atoms with Crippen molar-refractivity contribution in [3.05, 3.63) is 81.9 Å². The SMILES string of the molecule is CN1CCC(NC(=O)c2cc(F)cc(Cn3ccc4cc(-c5cn[nH]c5C(F)(F)F)ncc4c3=O)c2)CC1. The molecule has 38 heavy (non-hydrogen) atoms. The van der Waals surface area contributed by atoms with E-state index in [4.69, 9.17) is 0 Å². The number of rotatable bonds is 5. The molecule has 0 unspecified atom stereocenters. The van der Waals surface area contributed by atoms with Gasteiger partial charge in [-0.3, -0.25) is 19.7 Å². The zero-order chi connectivity index (χ0) is 27.0. The molecule has 1 amide bonds. The largest absolute Gasteiger partial charge is 0.433 e. The Bertz CT molecular complexity index is 1550. The molecular formula is C26H24F4N6O2. The van der Waals surface area contributed by atoms with Crippen molar-refractivity contribution in [2.45, 2.75) is 31.6 Å². The number of nitrogens with one attached hydrogen (secondary N) is 2. The van der Waals surface area contributed by atoms with Crippen molar-refractivity contribution in [2.24, 2.45) is 0 Å². The summed E-state index contributed by atoms with van der Waals surface area (Å²) in [4.78, 5) is 32.1. The molecule has 1 aromatic carbocycles. The van der Waals surface area contributed by atoms with Crippen LogP contribution in [0.4, 0.5) is 17.6 Å². The number of halogens is 4. The van der Waals surface area contributed by atoms with Crippen molar-refractivity contribution in [1.29, 1.82) is 0 Å². The van der Waals surface area contributed by atoms with Gasteiger partial charge in [0.1, 0.15) is 11.5 Å². The molecule has 2 N–H and O–H groups in total. The van der Waals surface area contributed by atoms with Crippen molar-refractivity contribution in [2.75, 3.05) is 20.1 Å². The highest BCUT2D eigenvalue weighted by Crippen LogP contribution is 2.35. The summed E-state index contributed by atoms with van der Waals surface area (Å²) in [5.41, 5.74) is -1.11. The predicted octanol–water partition coefficient (Wildman–Crippen LogP) is 3.82. The van der Waals surface area contributed by atoms with E-state index < -0.39 is 23.2 Å². The number of alkyl halides is 3. The number of piperidine rings is 1. The Labute approximate surface area is 214 Å². The van der Waals surface area contributed by atoms with Gasteiger partial charge >= 0.3 is 6.18 Å². The zero-order valence-electron chi connectivity index (χ0n) is 20.3. The van der Waals surface area contributed by atoms with Crippen LogP contribution in [-0.2, 0) is 12.7 Å². The number of H-pyrrole nitrogens is 1. The minimum Gasteiger partial charge on any atom is -0.349 e. The Balaban J connectivity index is 1.39. The molecule has 12 heteroatoms. The summed E-state index contributed by atoms with van der Waals surface area (Å²) in [6, 6.07) is 6.93. The Morgan fingerprint density at radius 2 is 1.92 bits per heavy atom. The predicted molar refractivity (Wildman–Crippen MR) is 132 cm³/mol. The van der Waals surface area contributed by atoms with Crippen LogP contribution < -0.4 is 10.9 Å². The summed E-state index contributed by atoms with van der Waals surface area (Å²) in [5.74, 6) is -0.975. The summed E-state index contributed by atoms with van der Waals surface area (Å²) in [6.45, 7) is 1.72. The molecule has 3 aromatic heterocycles. The smallest absolute Gasteiger partial charge is 0.349 e. The molecule has 0 bridgehead atoms. The van der Waals surface area contributed by atoms with Gasteiger partial charge in [0.15, 0.2) is 0 Å². The molecule has 1 aliphatic rings. The highest BCUT2D eigenvalue weighted by Gasteiger charge is 2.36. The molecule has 5 rings (SSSR count). The highest BCUT2D eigenvalue weighted by molar-refractivity contribution is 5.94. The monoisotopic (exact) mass is 528 g/mol. The number of carbonyl (C=O) groups is 1. The van der Waals surface area contributed by atoms with Gasteiger partial charge in [-0.2, -0.15) is 18.3 Å². The number of amides is 1. The van der Waals surface area contributed by atoms with Gasteiger partial charge in [-0.1, -0.05) is 0 Å². The Morgan fingerprint density at radius 1 is 1.16 bits per heavy atom. The first kappa shape index (κ1) is 25.6. The number of pyridine rings is 2. The van der Waals surface area contributed by atoms with Crippen LogP contribution in [-0.4, -0.2) is 56.7 Å². The summed E-state index contributed by atoms with van der Waals surface area (Å²) in [7, 11) is 2.02. The first-order chi connectivity index (χ1) is 18.1. The van der Waals surface area contributed by atoms with Gasteiger partial charge in [-0.05, 0) is 74.3 Å². The molecule has 0 aliphatic carbocycles. The number of nitrogens with zero attached hydrogens (tertiary/aromatic N) is 4. The van der Waals surface area contributed by atoms with E-state index in [2.05, 4.69) is 20.3 Å². The molecule has 1 fully saturated rings. The van der Waals surface area contributed by atoms with E-state index in [0.29, 0.717) is 10.9 Å². The van der Waals surface area contributed by atoms with Crippen molar-refractivity contribution in [3.8, 4) is 11.3 Å². The summed E-state index contributed by atoms with van der Waals surface area (Å²) in [5, 5.41) is 8.94. The fourth-order valence-electron chi connectivity index (χ4n) is 4.64. The third-order valence-electron chi connectivity index (χ3n) is 6.69. The molecule has 0 saturated carbocycles. The number of fused-ring (bicyclic) bond motifs is 1. The van der Waals surface area contributed by atoms with Crippen LogP contribution in [0, 0.1) is 5.82 Å². The van der Waals surface area contributed by atoms with E-state index >= 15 is 0 Å². The minimum atomic E-state index is -4.64. The van der Waals surface area contributed by atoms with Crippen molar-refractivity contribution in [1.82, 2.24) is 30.0 Å². The number of likely N-dealkylation sites (tertiary alicyclic amines) is 1. The molecule has 8 nitrogen and oxygen atoms in total. The lowest BCUT2D eigenvalue weighted by Crippen LogP contribution is -2.43. The second kappa shape index (κ2) is 10.0. The van der Waals surface area contributed by atoms with Crippen LogP contribution in [0.1, 0.15) is 34.5 Å². The lowest BCUT2D eigenvalue weighted by atomic mass is 10.0.